The van der Waals surface area contributed by atoms with Crippen molar-refractivity contribution in [3.63, 3.8) is 0 Å². The monoisotopic (exact) mass is 351 g/mol. The molecule has 1 aliphatic heterocycles. The molecule has 1 saturated heterocycles. The fourth-order valence-electron chi connectivity index (χ4n) is 2.95. The van der Waals surface area contributed by atoms with E-state index in [9.17, 15) is 14.4 Å². The zero-order chi connectivity index (χ0) is 18.7. The Morgan fingerprint density at radius 1 is 0.923 bits per heavy atom. The van der Waals surface area contributed by atoms with Crippen molar-refractivity contribution in [3.05, 3.63) is 53.6 Å². The molecule has 0 saturated carbocycles. The van der Waals surface area contributed by atoms with E-state index in [0.29, 0.717) is 24.3 Å². The van der Waals surface area contributed by atoms with Gasteiger partial charge in [-0.3, -0.25) is 14.4 Å². The first-order chi connectivity index (χ1) is 12.4. The van der Waals surface area contributed by atoms with E-state index in [1.54, 1.807) is 35.2 Å². The lowest BCUT2D eigenvalue weighted by molar-refractivity contribution is -0.132. The second kappa shape index (κ2) is 7.39. The molecule has 134 valence electrons. The van der Waals surface area contributed by atoms with Gasteiger partial charge in [0, 0.05) is 30.0 Å². The van der Waals surface area contributed by atoms with Gasteiger partial charge in [-0.15, -0.1) is 0 Å². The van der Waals surface area contributed by atoms with Crippen molar-refractivity contribution in [1.29, 1.82) is 0 Å². The highest BCUT2D eigenvalue weighted by Crippen LogP contribution is 2.27. The summed E-state index contributed by atoms with van der Waals surface area (Å²) in [6, 6.07) is 12.5. The largest absolute Gasteiger partial charge is 0.318 e. The van der Waals surface area contributed by atoms with Crippen LogP contribution in [-0.2, 0) is 14.4 Å². The van der Waals surface area contributed by atoms with Crippen LogP contribution >= 0.6 is 0 Å². The Morgan fingerprint density at radius 2 is 1.54 bits per heavy atom. The van der Waals surface area contributed by atoms with Crippen LogP contribution in [0.2, 0.25) is 0 Å². The summed E-state index contributed by atoms with van der Waals surface area (Å²) in [6.45, 7) is 4.54. The van der Waals surface area contributed by atoms with Gasteiger partial charge in [0.05, 0.1) is 0 Å². The molecule has 6 nitrogen and oxygen atoms in total. The van der Waals surface area contributed by atoms with Gasteiger partial charge in [-0.05, 0) is 56.2 Å². The van der Waals surface area contributed by atoms with Crippen LogP contribution in [0.5, 0.6) is 0 Å². The second-order valence-electron chi connectivity index (χ2n) is 6.42. The number of benzene rings is 2. The van der Waals surface area contributed by atoms with E-state index in [1.165, 1.54) is 0 Å². The Bertz CT molecular complexity index is 859. The number of carbonyl (C=O) groups excluding carboxylic acids is 3. The first kappa shape index (κ1) is 17.7. The summed E-state index contributed by atoms with van der Waals surface area (Å²) < 4.78 is 0. The highest BCUT2D eigenvalue weighted by Gasteiger charge is 2.23. The standard InChI is InChI=1S/C20H21N3O3/c1-13-5-7-15(8-6-13)21-19(25)20(26)22-16-9-10-17(14(2)12-16)23-11-3-4-18(23)24/h5-10,12H,3-4,11H2,1-2H3,(H,21,25)(H,22,26). The molecule has 1 heterocycles. The van der Waals surface area contributed by atoms with Gasteiger partial charge in [-0.25, -0.2) is 0 Å². The maximum atomic E-state index is 12.1. The van der Waals surface area contributed by atoms with Crippen molar-refractivity contribution in [2.24, 2.45) is 0 Å². The van der Waals surface area contributed by atoms with E-state index in [-0.39, 0.29) is 5.91 Å². The number of nitrogens with one attached hydrogen (secondary N) is 2. The third-order valence-electron chi connectivity index (χ3n) is 4.33. The molecule has 2 N–H and O–H groups in total. The predicted molar refractivity (Wildman–Crippen MR) is 101 cm³/mol. The minimum absolute atomic E-state index is 0.113. The molecule has 1 aliphatic rings. The van der Waals surface area contributed by atoms with E-state index in [1.807, 2.05) is 26.0 Å². The average molecular weight is 351 g/mol. The van der Waals surface area contributed by atoms with Gasteiger partial charge >= 0.3 is 11.8 Å². The first-order valence-corrected chi connectivity index (χ1v) is 8.54. The Morgan fingerprint density at radius 3 is 2.12 bits per heavy atom. The van der Waals surface area contributed by atoms with E-state index in [0.717, 1.165) is 23.2 Å². The van der Waals surface area contributed by atoms with Crippen molar-refractivity contribution in [1.82, 2.24) is 0 Å². The van der Waals surface area contributed by atoms with Crippen LogP contribution in [0.1, 0.15) is 24.0 Å². The van der Waals surface area contributed by atoms with E-state index in [4.69, 9.17) is 0 Å². The Hall–Kier alpha value is -3.15. The second-order valence-corrected chi connectivity index (χ2v) is 6.42. The highest BCUT2D eigenvalue weighted by molar-refractivity contribution is 6.43. The Labute approximate surface area is 152 Å². The zero-order valence-electron chi connectivity index (χ0n) is 14.8. The van der Waals surface area contributed by atoms with Gasteiger partial charge in [0.15, 0.2) is 0 Å². The van der Waals surface area contributed by atoms with Gasteiger partial charge in [0.1, 0.15) is 0 Å². The number of rotatable bonds is 3. The molecule has 3 rings (SSSR count). The quantitative estimate of drug-likeness (QED) is 0.835. The van der Waals surface area contributed by atoms with Crippen LogP contribution < -0.4 is 15.5 Å². The molecular formula is C20H21N3O3. The molecule has 26 heavy (non-hydrogen) atoms. The smallest absolute Gasteiger partial charge is 0.314 e. The third-order valence-corrected chi connectivity index (χ3v) is 4.33. The normalized spacial score (nSPS) is 13.6. The van der Waals surface area contributed by atoms with Crippen LogP contribution in [0.4, 0.5) is 17.1 Å². The van der Waals surface area contributed by atoms with Gasteiger partial charge in [0.25, 0.3) is 0 Å². The number of hydrogen-bond acceptors (Lipinski definition) is 3. The molecular weight excluding hydrogens is 330 g/mol. The van der Waals surface area contributed by atoms with Crippen molar-refractivity contribution >= 4 is 34.8 Å². The lowest BCUT2D eigenvalue weighted by Crippen LogP contribution is -2.29. The molecule has 0 aliphatic carbocycles. The summed E-state index contributed by atoms with van der Waals surface area (Å²) in [4.78, 5) is 37.8. The minimum atomic E-state index is -0.741. The number of hydrogen-bond donors (Lipinski definition) is 2. The number of anilines is 3. The van der Waals surface area contributed by atoms with Crippen molar-refractivity contribution in [2.75, 3.05) is 22.1 Å². The first-order valence-electron chi connectivity index (χ1n) is 8.54. The predicted octanol–water partition coefficient (Wildman–Crippen LogP) is 3.01. The third kappa shape index (κ3) is 3.91. The summed E-state index contributed by atoms with van der Waals surface area (Å²) >= 11 is 0. The van der Waals surface area contributed by atoms with Crippen LogP contribution in [0.3, 0.4) is 0 Å². The SMILES string of the molecule is Cc1ccc(NC(=O)C(=O)Nc2ccc(N3CCCC3=O)c(C)c2)cc1. The number of carbonyl (C=O) groups is 3. The lowest BCUT2D eigenvalue weighted by Gasteiger charge is -2.19. The summed E-state index contributed by atoms with van der Waals surface area (Å²) in [7, 11) is 0. The van der Waals surface area contributed by atoms with Crippen molar-refractivity contribution < 1.29 is 14.4 Å². The van der Waals surface area contributed by atoms with Gasteiger partial charge < -0.3 is 15.5 Å². The molecule has 3 amide bonds. The molecule has 0 bridgehead atoms. The van der Waals surface area contributed by atoms with E-state index in [2.05, 4.69) is 10.6 Å². The summed E-state index contributed by atoms with van der Waals surface area (Å²) in [5.74, 6) is -1.36. The van der Waals surface area contributed by atoms with Gasteiger partial charge in [0.2, 0.25) is 5.91 Å². The molecule has 0 radical (unpaired) electrons. The fraction of sp³-hybridized carbons (Fsp3) is 0.250. The van der Waals surface area contributed by atoms with E-state index < -0.39 is 11.8 Å². The number of aryl methyl sites for hydroxylation is 2. The minimum Gasteiger partial charge on any atom is -0.318 e. The maximum Gasteiger partial charge on any atom is 0.314 e. The lowest BCUT2D eigenvalue weighted by atomic mass is 10.1. The zero-order valence-corrected chi connectivity index (χ0v) is 14.8. The van der Waals surface area contributed by atoms with Crippen LogP contribution in [0, 0.1) is 13.8 Å². The van der Waals surface area contributed by atoms with Crippen LogP contribution in [0.25, 0.3) is 0 Å². The molecule has 1 fully saturated rings. The summed E-state index contributed by atoms with van der Waals surface area (Å²) in [5.41, 5.74) is 3.86. The van der Waals surface area contributed by atoms with E-state index >= 15 is 0 Å². The molecule has 0 aromatic heterocycles. The van der Waals surface area contributed by atoms with Crippen molar-refractivity contribution in [3.8, 4) is 0 Å². The highest BCUT2D eigenvalue weighted by atomic mass is 16.2. The van der Waals surface area contributed by atoms with Gasteiger partial charge in [-0.2, -0.15) is 0 Å². The topological polar surface area (TPSA) is 78.5 Å². The number of nitrogens with zero attached hydrogens (tertiary/aromatic N) is 1. The molecule has 0 unspecified atom stereocenters. The van der Waals surface area contributed by atoms with Gasteiger partial charge in [-0.1, -0.05) is 17.7 Å². The maximum absolute atomic E-state index is 12.1. The number of amides is 3. The molecule has 2 aromatic carbocycles. The van der Waals surface area contributed by atoms with Crippen LogP contribution in [-0.4, -0.2) is 24.3 Å². The Balaban J connectivity index is 1.65. The Kier molecular flexibility index (Phi) is 5.02. The molecule has 2 aromatic rings. The van der Waals surface area contributed by atoms with Crippen molar-refractivity contribution in [2.45, 2.75) is 26.7 Å². The van der Waals surface area contributed by atoms with Crippen LogP contribution in [0.15, 0.2) is 42.5 Å². The summed E-state index contributed by atoms with van der Waals surface area (Å²) in [5, 5.41) is 5.15. The fourth-order valence-corrected chi connectivity index (χ4v) is 2.95. The summed E-state index contributed by atoms with van der Waals surface area (Å²) in [6.07, 6.45) is 1.42. The molecule has 0 spiro atoms. The molecule has 0 atom stereocenters. The average Bonchev–Trinajstić information content (AvgIpc) is 3.03. The molecule has 6 heteroatoms.